The molecule has 1 amide bonds. The van der Waals surface area contributed by atoms with Crippen LogP contribution in [-0.2, 0) is 0 Å². The Hall–Kier alpha value is -1.82. The maximum atomic E-state index is 11.8. The minimum absolute atomic E-state index is 0.00765. The van der Waals surface area contributed by atoms with E-state index in [2.05, 4.69) is 27.0 Å². The molecule has 1 aliphatic carbocycles. The lowest BCUT2D eigenvalue weighted by Gasteiger charge is -2.15. The van der Waals surface area contributed by atoms with Crippen LogP contribution in [-0.4, -0.2) is 38.5 Å². The number of hydrogen-bond donors (Lipinski definition) is 3. The number of carbonyl (C=O) groups excluding carboxylic acids is 1. The van der Waals surface area contributed by atoms with Crippen LogP contribution in [0.25, 0.3) is 0 Å². The number of nitrogens with one attached hydrogen (secondary N) is 3. The van der Waals surface area contributed by atoms with E-state index in [0.717, 1.165) is 36.8 Å². The zero-order valence-electron chi connectivity index (χ0n) is 14.4. The number of hydrogen-bond acceptors (Lipinski definition) is 3. The average Bonchev–Trinajstić information content (AvgIpc) is 3.15. The highest BCUT2D eigenvalue weighted by molar-refractivity contribution is 7.12. The van der Waals surface area contributed by atoms with Crippen LogP contribution in [0.1, 0.15) is 48.2 Å². The largest absolute Gasteiger partial charge is 0.356 e. The SMILES string of the molecule is CN=C(NCCCNC(=O)c1cccs1)NCCC1=CCCCC1. The Morgan fingerprint density at radius 1 is 1.21 bits per heavy atom. The third-order valence-electron chi connectivity index (χ3n) is 4.02. The first-order valence-electron chi connectivity index (χ1n) is 8.73. The van der Waals surface area contributed by atoms with Gasteiger partial charge in [-0.1, -0.05) is 17.7 Å². The summed E-state index contributed by atoms with van der Waals surface area (Å²) in [6.07, 6.45) is 9.49. The molecule has 0 saturated heterocycles. The smallest absolute Gasteiger partial charge is 0.261 e. The molecule has 6 heteroatoms. The first-order chi connectivity index (χ1) is 11.8. The number of rotatable bonds is 8. The molecule has 0 saturated carbocycles. The zero-order chi connectivity index (χ0) is 17.0. The second-order valence-corrected chi connectivity index (χ2v) is 6.82. The Balaban J connectivity index is 1.53. The second-order valence-electron chi connectivity index (χ2n) is 5.87. The van der Waals surface area contributed by atoms with Gasteiger partial charge in [-0.15, -0.1) is 11.3 Å². The molecule has 2 rings (SSSR count). The van der Waals surface area contributed by atoms with Crippen molar-refractivity contribution < 1.29 is 4.79 Å². The molecule has 24 heavy (non-hydrogen) atoms. The maximum absolute atomic E-state index is 11.8. The number of amides is 1. The molecule has 1 aromatic heterocycles. The molecule has 0 radical (unpaired) electrons. The number of thiophene rings is 1. The van der Waals surface area contributed by atoms with Gasteiger partial charge in [0.2, 0.25) is 0 Å². The Bertz CT molecular complexity index is 551. The number of carbonyl (C=O) groups is 1. The van der Waals surface area contributed by atoms with Gasteiger partial charge in [-0.05, 0) is 50.0 Å². The van der Waals surface area contributed by atoms with Gasteiger partial charge in [0.1, 0.15) is 0 Å². The Labute approximate surface area is 148 Å². The van der Waals surface area contributed by atoms with E-state index in [4.69, 9.17) is 0 Å². The molecule has 5 nitrogen and oxygen atoms in total. The highest BCUT2D eigenvalue weighted by Crippen LogP contribution is 2.19. The van der Waals surface area contributed by atoms with Gasteiger partial charge in [0.15, 0.2) is 5.96 Å². The van der Waals surface area contributed by atoms with Crippen molar-refractivity contribution >= 4 is 23.2 Å². The molecule has 1 heterocycles. The van der Waals surface area contributed by atoms with Gasteiger partial charge in [-0.25, -0.2) is 0 Å². The van der Waals surface area contributed by atoms with Crippen LogP contribution in [0.15, 0.2) is 34.2 Å². The van der Waals surface area contributed by atoms with Crippen molar-refractivity contribution in [2.24, 2.45) is 4.99 Å². The normalized spacial score (nSPS) is 14.9. The summed E-state index contributed by atoms with van der Waals surface area (Å²) in [6.45, 7) is 2.36. The average molecular weight is 349 g/mol. The summed E-state index contributed by atoms with van der Waals surface area (Å²) >= 11 is 1.46. The van der Waals surface area contributed by atoms with E-state index in [1.807, 2.05) is 17.5 Å². The van der Waals surface area contributed by atoms with Crippen LogP contribution in [0.4, 0.5) is 0 Å². The van der Waals surface area contributed by atoms with E-state index in [1.54, 1.807) is 12.6 Å². The van der Waals surface area contributed by atoms with E-state index >= 15 is 0 Å². The summed E-state index contributed by atoms with van der Waals surface area (Å²) in [6, 6.07) is 3.73. The van der Waals surface area contributed by atoms with Crippen LogP contribution < -0.4 is 16.0 Å². The molecular weight excluding hydrogens is 320 g/mol. The quantitative estimate of drug-likeness (QED) is 0.293. The van der Waals surface area contributed by atoms with Gasteiger partial charge in [0.05, 0.1) is 4.88 Å². The highest BCUT2D eigenvalue weighted by atomic mass is 32.1. The molecule has 132 valence electrons. The van der Waals surface area contributed by atoms with Crippen molar-refractivity contribution in [1.29, 1.82) is 0 Å². The molecule has 0 unspecified atom stereocenters. The molecule has 0 spiro atoms. The number of allylic oxidation sites excluding steroid dienone is 1. The lowest BCUT2D eigenvalue weighted by molar-refractivity contribution is 0.0957. The Kier molecular flexibility index (Phi) is 8.38. The minimum atomic E-state index is 0.00765. The molecule has 0 aliphatic heterocycles. The van der Waals surface area contributed by atoms with E-state index in [9.17, 15) is 4.79 Å². The molecular formula is C18H28N4OS. The van der Waals surface area contributed by atoms with Crippen LogP contribution in [0.3, 0.4) is 0 Å². The fourth-order valence-electron chi connectivity index (χ4n) is 2.69. The number of guanidine groups is 1. The summed E-state index contributed by atoms with van der Waals surface area (Å²) in [5, 5.41) is 11.5. The molecule has 3 N–H and O–H groups in total. The van der Waals surface area contributed by atoms with E-state index in [-0.39, 0.29) is 5.91 Å². The molecule has 0 atom stereocenters. The summed E-state index contributed by atoms with van der Waals surface area (Å²) in [7, 11) is 1.79. The second kappa shape index (κ2) is 10.9. The topological polar surface area (TPSA) is 65.5 Å². The monoisotopic (exact) mass is 348 g/mol. The van der Waals surface area contributed by atoms with Gasteiger partial charge in [-0.3, -0.25) is 9.79 Å². The van der Waals surface area contributed by atoms with Crippen molar-refractivity contribution in [1.82, 2.24) is 16.0 Å². The Morgan fingerprint density at radius 3 is 2.75 bits per heavy atom. The van der Waals surface area contributed by atoms with Crippen LogP contribution in [0.2, 0.25) is 0 Å². The lowest BCUT2D eigenvalue weighted by atomic mass is 9.97. The zero-order valence-corrected chi connectivity index (χ0v) is 15.3. The first kappa shape index (κ1) is 18.5. The highest BCUT2D eigenvalue weighted by Gasteiger charge is 2.05. The third-order valence-corrected chi connectivity index (χ3v) is 4.89. The van der Waals surface area contributed by atoms with Crippen molar-refractivity contribution in [3.8, 4) is 0 Å². The summed E-state index contributed by atoms with van der Waals surface area (Å²) in [5.41, 5.74) is 1.57. The summed E-state index contributed by atoms with van der Waals surface area (Å²) < 4.78 is 0. The molecule has 0 bridgehead atoms. The summed E-state index contributed by atoms with van der Waals surface area (Å²) in [4.78, 5) is 16.8. The lowest BCUT2D eigenvalue weighted by Crippen LogP contribution is -2.39. The van der Waals surface area contributed by atoms with Crippen molar-refractivity contribution in [2.75, 3.05) is 26.7 Å². The van der Waals surface area contributed by atoms with Crippen molar-refractivity contribution in [3.63, 3.8) is 0 Å². The van der Waals surface area contributed by atoms with Crippen molar-refractivity contribution in [3.05, 3.63) is 34.0 Å². The fraction of sp³-hybridized carbons (Fsp3) is 0.556. The van der Waals surface area contributed by atoms with Gasteiger partial charge in [0.25, 0.3) is 5.91 Å². The third kappa shape index (κ3) is 6.74. The van der Waals surface area contributed by atoms with Crippen LogP contribution in [0, 0.1) is 0 Å². The van der Waals surface area contributed by atoms with Gasteiger partial charge >= 0.3 is 0 Å². The van der Waals surface area contributed by atoms with E-state index in [0.29, 0.717) is 6.54 Å². The molecule has 0 fully saturated rings. The number of aliphatic imine (C=N–C) groups is 1. The molecule has 1 aliphatic rings. The minimum Gasteiger partial charge on any atom is -0.356 e. The fourth-order valence-corrected chi connectivity index (χ4v) is 3.33. The van der Waals surface area contributed by atoms with Gasteiger partial charge in [0, 0.05) is 26.7 Å². The van der Waals surface area contributed by atoms with Gasteiger partial charge in [-0.2, -0.15) is 0 Å². The van der Waals surface area contributed by atoms with Crippen molar-refractivity contribution in [2.45, 2.75) is 38.5 Å². The number of nitrogens with zero attached hydrogens (tertiary/aromatic N) is 1. The standard InChI is InChI=1S/C18H28N4OS/c1-19-18(22-13-10-15-7-3-2-4-8-15)21-12-6-11-20-17(23)16-9-5-14-24-16/h5,7,9,14H,2-4,6,8,10-13H2,1H3,(H,20,23)(H2,19,21,22). The van der Waals surface area contributed by atoms with Crippen LogP contribution >= 0.6 is 11.3 Å². The van der Waals surface area contributed by atoms with E-state index in [1.165, 1.54) is 37.0 Å². The predicted octanol–water partition coefficient (Wildman–Crippen LogP) is 2.92. The summed E-state index contributed by atoms with van der Waals surface area (Å²) in [5.74, 6) is 0.837. The first-order valence-corrected chi connectivity index (χ1v) is 9.61. The Morgan fingerprint density at radius 2 is 2.04 bits per heavy atom. The van der Waals surface area contributed by atoms with Gasteiger partial charge < -0.3 is 16.0 Å². The van der Waals surface area contributed by atoms with E-state index < -0.39 is 0 Å². The predicted molar refractivity (Wildman–Crippen MR) is 102 cm³/mol. The van der Waals surface area contributed by atoms with Crippen LogP contribution in [0.5, 0.6) is 0 Å². The maximum Gasteiger partial charge on any atom is 0.261 e. The molecule has 0 aromatic carbocycles. The molecule has 1 aromatic rings.